The minimum atomic E-state index is -0.909. The Balaban J connectivity index is 1.37. The molecule has 0 unspecified atom stereocenters. The van der Waals surface area contributed by atoms with Gasteiger partial charge >= 0.3 is 5.97 Å². The third-order valence-corrected chi connectivity index (χ3v) is 6.41. The first-order valence-electron chi connectivity index (χ1n) is 9.55. The molecule has 2 heterocycles. The van der Waals surface area contributed by atoms with Crippen LogP contribution in [0.25, 0.3) is 0 Å². The van der Waals surface area contributed by atoms with Gasteiger partial charge in [0.15, 0.2) is 0 Å². The molecule has 1 aliphatic heterocycles. The standard InChI is InChI=1S/C21H22N2O4S/c24-19(14-5-6-14)22-18-8-7-17(28-18)20(25)23-11-9-13(10-12-23)15-3-1-2-4-16(15)21(26)27/h1-4,7-8,13-14H,5-6,9-12H2,(H,22,24)(H,26,27). The van der Waals surface area contributed by atoms with Gasteiger partial charge in [0.2, 0.25) is 5.91 Å². The summed E-state index contributed by atoms with van der Waals surface area (Å²) in [5, 5.41) is 13.0. The van der Waals surface area contributed by atoms with Crippen molar-refractivity contribution in [1.82, 2.24) is 4.90 Å². The lowest BCUT2D eigenvalue weighted by Crippen LogP contribution is -2.37. The monoisotopic (exact) mass is 398 g/mol. The zero-order valence-corrected chi connectivity index (χ0v) is 16.2. The van der Waals surface area contributed by atoms with E-state index in [4.69, 9.17) is 0 Å². The van der Waals surface area contributed by atoms with E-state index in [1.807, 2.05) is 17.0 Å². The Morgan fingerprint density at radius 2 is 1.71 bits per heavy atom. The van der Waals surface area contributed by atoms with Crippen LogP contribution >= 0.6 is 11.3 Å². The quantitative estimate of drug-likeness (QED) is 0.802. The van der Waals surface area contributed by atoms with Crippen LogP contribution in [0, 0.1) is 5.92 Å². The van der Waals surface area contributed by atoms with Crippen LogP contribution in [0.4, 0.5) is 5.00 Å². The van der Waals surface area contributed by atoms with Crippen LogP contribution in [0.3, 0.4) is 0 Å². The number of nitrogens with one attached hydrogen (secondary N) is 1. The lowest BCUT2D eigenvalue weighted by atomic mass is 9.86. The molecule has 2 N–H and O–H groups in total. The average molecular weight is 398 g/mol. The maximum Gasteiger partial charge on any atom is 0.335 e. The lowest BCUT2D eigenvalue weighted by Gasteiger charge is -2.32. The summed E-state index contributed by atoms with van der Waals surface area (Å²) >= 11 is 1.31. The highest BCUT2D eigenvalue weighted by atomic mass is 32.1. The maximum atomic E-state index is 12.8. The number of piperidine rings is 1. The van der Waals surface area contributed by atoms with Crippen LogP contribution in [-0.2, 0) is 4.79 Å². The first-order chi connectivity index (χ1) is 13.5. The predicted octanol–water partition coefficient (Wildman–Crippen LogP) is 3.81. The number of benzene rings is 1. The largest absolute Gasteiger partial charge is 0.478 e. The van der Waals surface area contributed by atoms with Gasteiger partial charge in [-0.3, -0.25) is 9.59 Å². The van der Waals surface area contributed by atoms with Crippen molar-refractivity contribution in [2.24, 2.45) is 5.92 Å². The van der Waals surface area contributed by atoms with Crippen LogP contribution in [0.15, 0.2) is 36.4 Å². The predicted molar refractivity (Wildman–Crippen MR) is 107 cm³/mol. The van der Waals surface area contributed by atoms with Crippen molar-refractivity contribution < 1.29 is 19.5 Å². The summed E-state index contributed by atoms with van der Waals surface area (Å²) < 4.78 is 0. The molecule has 0 atom stereocenters. The fourth-order valence-electron chi connectivity index (χ4n) is 3.69. The average Bonchev–Trinajstić information content (AvgIpc) is 3.47. The van der Waals surface area contributed by atoms with Crippen molar-refractivity contribution >= 4 is 34.1 Å². The Hall–Kier alpha value is -2.67. The fraction of sp³-hybridized carbons (Fsp3) is 0.381. The molecule has 1 saturated heterocycles. The number of aromatic carboxylic acids is 1. The number of anilines is 1. The van der Waals surface area contributed by atoms with E-state index in [0.29, 0.717) is 28.5 Å². The van der Waals surface area contributed by atoms with Gasteiger partial charge in [-0.05, 0) is 55.4 Å². The number of rotatable bonds is 5. The second kappa shape index (κ2) is 7.75. The van der Waals surface area contributed by atoms with Crippen molar-refractivity contribution in [2.75, 3.05) is 18.4 Å². The van der Waals surface area contributed by atoms with Gasteiger partial charge in [-0.2, -0.15) is 0 Å². The number of likely N-dealkylation sites (tertiary alicyclic amines) is 1. The zero-order valence-electron chi connectivity index (χ0n) is 15.4. The van der Waals surface area contributed by atoms with E-state index in [1.165, 1.54) is 11.3 Å². The molecule has 28 heavy (non-hydrogen) atoms. The van der Waals surface area contributed by atoms with Crippen molar-refractivity contribution in [3.05, 3.63) is 52.4 Å². The molecule has 4 rings (SSSR count). The number of nitrogens with zero attached hydrogens (tertiary/aromatic N) is 1. The van der Waals surface area contributed by atoms with E-state index < -0.39 is 5.97 Å². The molecule has 7 heteroatoms. The molecule has 1 aromatic carbocycles. The highest BCUT2D eigenvalue weighted by Gasteiger charge is 2.30. The maximum absolute atomic E-state index is 12.8. The van der Waals surface area contributed by atoms with Crippen molar-refractivity contribution in [3.63, 3.8) is 0 Å². The van der Waals surface area contributed by atoms with Crippen LogP contribution in [0.2, 0.25) is 0 Å². The summed E-state index contributed by atoms with van der Waals surface area (Å²) in [7, 11) is 0. The molecule has 1 aliphatic carbocycles. The highest BCUT2D eigenvalue weighted by Crippen LogP contribution is 2.33. The smallest absolute Gasteiger partial charge is 0.335 e. The Bertz CT molecular complexity index is 911. The molecule has 2 aliphatic rings. The number of carbonyl (C=O) groups excluding carboxylic acids is 2. The highest BCUT2D eigenvalue weighted by molar-refractivity contribution is 7.18. The van der Waals surface area contributed by atoms with E-state index in [0.717, 1.165) is 31.2 Å². The normalized spacial score (nSPS) is 17.4. The molecule has 1 aromatic heterocycles. The van der Waals surface area contributed by atoms with Crippen molar-refractivity contribution in [2.45, 2.75) is 31.6 Å². The van der Waals surface area contributed by atoms with Gasteiger partial charge in [0.05, 0.1) is 15.4 Å². The molecule has 0 radical (unpaired) electrons. The molecule has 0 bridgehead atoms. The topological polar surface area (TPSA) is 86.7 Å². The van der Waals surface area contributed by atoms with E-state index in [-0.39, 0.29) is 23.7 Å². The van der Waals surface area contributed by atoms with E-state index in [1.54, 1.807) is 24.3 Å². The molecular weight excluding hydrogens is 376 g/mol. The van der Waals surface area contributed by atoms with Gasteiger partial charge < -0.3 is 15.3 Å². The minimum absolute atomic E-state index is 0.0260. The Morgan fingerprint density at radius 1 is 1.00 bits per heavy atom. The molecule has 2 amide bonds. The van der Waals surface area contributed by atoms with E-state index in [2.05, 4.69) is 5.32 Å². The number of amides is 2. The van der Waals surface area contributed by atoms with Crippen LogP contribution in [0.1, 0.15) is 57.2 Å². The molecule has 6 nitrogen and oxygen atoms in total. The first kappa shape index (κ1) is 18.7. The van der Waals surface area contributed by atoms with Crippen molar-refractivity contribution in [1.29, 1.82) is 0 Å². The molecule has 146 valence electrons. The number of carboxylic acids is 1. The molecule has 1 saturated carbocycles. The summed E-state index contributed by atoms with van der Waals surface area (Å²) in [6.45, 7) is 1.19. The van der Waals surface area contributed by atoms with Gasteiger partial charge in [-0.15, -0.1) is 11.3 Å². The van der Waals surface area contributed by atoms with Crippen molar-refractivity contribution in [3.8, 4) is 0 Å². The Morgan fingerprint density at radius 3 is 2.39 bits per heavy atom. The molecule has 2 fully saturated rings. The van der Waals surface area contributed by atoms with Gasteiger partial charge in [-0.25, -0.2) is 4.79 Å². The number of hydrogen-bond acceptors (Lipinski definition) is 4. The van der Waals surface area contributed by atoms with Crippen LogP contribution < -0.4 is 5.32 Å². The van der Waals surface area contributed by atoms with Gasteiger partial charge in [0.25, 0.3) is 5.91 Å². The summed E-state index contributed by atoms with van der Waals surface area (Å²) in [5.74, 6) is -0.615. The number of thiophene rings is 1. The zero-order chi connectivity index (χ0) is 19.7. The van der Waals surface area contributed by atoms with Crippen LogP contribution in [0.5, 0.6) is 0 Å². The second-order valence-corrected chi connectivity index (χ2v) is 8.47. The Labute approximate surface area is 167 Å². The van der Waals surface area contributed by atoms with Crippen LogP contribution in [-0.4, -0.2) is 40.9 Å². The van der Waals surface area contributed by atoms with Gasteiger partial charge in [-0.1, -0.05) is 18.2 Å². The van der Waals surface area contributed by atoms with Gasteiger partial charge in [0, 0.05) is 19.0 Å². The summed E-state index contributed by atoms with van der Waals surface area (Å²) in [5.41, 5.74) is 1.20. The SMILES string of the molecule is O=C(O)c1ccccc1C1CCN(C(=O)c2ccc(NC(=O)C3CC3)s2)CC1. The summed E-state index contributed by atoms with van der Waals surface area (Å²) in [6.07, 6.45) is 3.38. The van der Waals surface area contributed by atoms with Gasteiger partial charge in [0.1, 0.15) is 0 Å². The Kier molecular flexibility index (Phi) is 5.17. The summed E-state index contributed by atoms with van der Waals surface area (Å²) in [6, 6.07) is 10.7. The third kappa shape index (κ3) is 3.94. The number of hydrogen-bond donors (Lipinski definition) is 2. The minimum Gasteiger partial charge on any atom is -0.478 e. The van der Waals surface area contributed by atoms with E-state index in [9.17, 15) is 19.5 Å². The summed E-state index contributed by atoms with van der Waals surface area (Å²) in [4.78, 5) is 38.5. The number of carboxylic acid groups (broad SMARTS) is 1. The fourth-order valence-corrected chi connectivity index (χ4v) is 4.56. The third-order valence-electron chi connectivity index (χ3n) is 5.42. The first-order valence-corrected chi connectivity index (χ1v) is 10.4. The molecule has 0 spiro atoms. The molecule has 2 aromatic rings. The molecular formula is C21H22N2O4S. The lowest BCUT2D eigenvalue weighted by molar-refractivity contribution is -0.117. The number of carbonyl (C=O) groups is 3. The van der Waals surface area contributed by atoms with E-state index >= 15 is 0 Å². The second-order valence-electron chi connectivity index (χ2n) is 7.39.